The fourth-order valence-corrected chi connectivity index (χ4v) is 3.06. The SMILES string of the molecule is C=C/C=C\C(=C/CC1=NCC(c2ccc(CNC(C)COC)cc2)=C1)C(=O)NCC#N. The highest BCUT2D eigenvalue weighted by atomic mass is 16.5. The second-order valence-electron chi connectivity index (χ2n) is 7.21. The lowest BCUT2D eigenvalue weighted by Gasteiger charge is -2.12. The van der Waals surface area contributed by atoms with Gasteiger partial charge in [0.15, 0.2) is 0 Å². The number of methoxy groups -OCH3 is 1. The van der Waals surface area contributed by atoms with Crippen LogP contribution in [0.25, 0.3) is 5.57 Å². The van der Waals surface area contributed by atoms with Gasteiger partial charge in [0, 0.05) is 37.4 Å². The number of rotatable bonds is 12. The van der Waals surface area contributed by atoms with Gasteiger partial charge in [-0.2, -0.15) is 5.26 Å². The molecule has 0 spiro atoms. The first kappa shape index (κ1) is 24.0. The van der Waals surface area contributed by atoms with E-state index < -0.39 is 0 Å². The lowest BCUT2D eigenvalue weighted by atomic mass is 10.0. The predicted molar refractivity (Wildman–Crippen MR) is 126 cm³/mol. The molecule has 0 saturated heterocycles. The van der Waals surface area contributed by atoms with Crippen LogP contribution in [0.4, 0.5) is 0 Å². The van der Waals surface area contributed by atoms with Gasteiger partial charge in [-0.3, -0.25) is 9.79 Å². The standard InChI is InChI=1S/C25H30N4O2/c1-4-5-6-22(25(30)27-14-13-26)11-12-24-15-23(17-29-24)21-9-7-20(8-10-21)16-28-19(2)18-31-3/h4-11,15,19,28H,1,12,14,16-18H2,2-3H3,(H,27,30)/b6-5-,22-11+. The highest BCUT2D eigenvalue weighted by molar-refractivity contribution is 6.06. The van der Waals surface area contributed by atoms with Crippen LogP contribution in [-0.2, 0) is 16.1 Å². The Balaban J connectivity index is 1.98. The van der Waals surface area contributed by atoms with Crippen LogP contribution in [0.1, 0.15) is 24.5 Å². The Labute approximate surface area is 184 Å². The number of carbonyl (C=O) groups excluding carboxylic acids is 1. The van der Waals surface area contributed by atoms with Gasteiger partial charge in [-0.25, -0.2) is 0 Å². The largest absolute Gasteiger partial charge is 0.383 e. The molecule has 0 aliphatic carbocycles. The summed E-state index contributed by atoms with van der Waals surface area (Å²) in [5.74, 6) is -0.286. The van der Waals surface area contributed by atoms with Gasteiger partial charge in [0.1, 0.15) is 6.54 Å². The van der Waals surface area contributed by atoms with E-state index in [9.17, 15) is 4.79 Å². The number of aliphatic imine (C=N–C) groups is 1. The first-order chi connectivity index (χ1) is 15.1. The highest BCUT2D eigenvalue weighted by Crippen LogP contribution is 2.21. The van der Waals surface area contributed by atoms with E-state index in [1.807, 2.05) is 12.1 Å². The van der Waals surface area contributed by atoms with E-state index in [1.54, 1.807) is 25.3 Å². The van der Waals surface area contributed by atoms with Crippen molar-refractivity contribution in [3.63, 3.8) is 0 Å². The molecular formula is C25H30N4O2. The van der Waals surface area contributed by atoms with Crippen molar-refractivity contribution in [1.82, 2.24) is 10.6 Å². The molecule has 1 aromatic carbocycles. The van der Waals surface area contributed by atoms with Crippen LogP contribution in [0.15, 0.2) is 71.8 Å². The molecule has 1 amide bonds. The second-order valence-corrected chi connectivity index (χ2v) is 7.21. The Bertz CT molecular complexity index is 918. The van der Waals surface area contributed by atoms with Crippen molar-refractivity contribution >= 4 is 17.2 Å². The molecule has 0 saturated carbocycles. The van der Waals surface area contributed by atoms with Crippen LogP contribution in [0.3, 0.4) is 0 Å². The smallest absolute Gasteiger partial charge is 0.251 e. The van der Waals surface area contributed by atoms with Crippen LogP contribution in [0.5, 0.6) is 0 Å². The van der Waals surface area contributed by atoms with Crippen molar-refractivity contribution in [3.8, 4) is 6.07 Å². The number of benzene rings is 1. The van der Waals surface area contributed by atoms with E-state index in [4.69, 9.17) is 10.00 Å². The molecule has 1 unspecified atom stereocenters. The normalized spacial score (nSPS) is 14.7. The predicted octanol–water partition coefficient (Wildman–Crippen LogP) is 3.35. The number of allylic oxidation sites excluding steroid dienone is 4. The lowest BCUT2D eigenvalue weighted by Crippen LogP contribution is -2.29. The maximum atomic E-state index is 12.2. The number of ether oxygens (including phenoxy) is 1. The fourth-order valence-electron chi connectivity index (χ4n) is 3.06. The first-order valence-electron chi connectivity index (χ1n) is 10.3. The molecule has 6 heteroatoms. The number of hydrogen-bond acceptors (Lipinski definition) is 5. The number of hydrogen-bond donors (Lipinski definition) is 2. The van der Waals surface area contributed by atoms with Gasteiger partial charge in [0.2, 0.25) is 0 Å². The molecule has 162 valence electrons. The average molecular weight is 419 g/mol. The molecule has 6 nitrogen and oxygen atoms in total. The van der Waals surface area contributed by atoms with Gasteiger partial charge in [0.25, 0.3) is 5.91 Å². The van der Waals surface area contributed by atoms with Gasteiger partial charge < -0.3 is 15.4 Å². The number of nitrogens with one attached hydrogen (secondary N) is 2. The summed E-state index contributed by atoms with van der Waals surface area (Å²) in [5, 5.41) is 14.6. The third-order valence-corrected chi connectivity index (χ3v) is 4.72. The van der Waals surface area contributed by atoms with Gasteiger partial charge in [0.05, 0.1) is 19.2 Å². The van der Waals surface area contributed by atoms with Gasteiger partial charge in [-0.1, -0.05) is 49.1 Å². The van der Waals surface area contributed by atoms with Gasteiger partial charge in [-0.05, 0) is 35.8 Å². The molecule has 31 heavy (non-hydrogen) atoms. The van der Waals surface area contributed by atoms with Crippen molar-refractivity contribution < 1.29 is 9.53 Å². The summed E-state index contributed by atoms with van der Waals surface area (Å²) in [5.41, 5.74) is 4.94. The summed E-state index contributed by atoms with van der Waals surface area (Å²) in [6, 6.07) is 10.7. The minimum atomic E-state index is -0.286. The van der Waals surface area contributed by atoms with Gasteiger partial charge >= 0.3 is 0 Å². The summed E-state index contributed by atoms with van der Waals surface area (Å²) in [7, 11) is 1.71. The van der Waals surface area contributed by atoms with Crippen molar-refractivity contribution in [2.24, 2.45) is 4.99 Å². The Morgan fingerprint density at radius 1 is 1.39 bits per heavy atom. The van der Waals surface area contributed by atoms with Crippen LogP contribution in [-0.4, -0.2) is 44.5 Å². The second kappa shape index (κ2) is 13.1. The minimum Gasteiger partial charge on any atom is -0.383 e. The van der Waals surface area contributed by atoms with E-state index in [0.29, 0.717) is 31.2 Å². The molecule has 0 bridgehead atoms. The fraction of sp³-hybridized carbons (Fsp3) is 0.320. The monoisotopic (exact) mass is 418 g/mol. The molecular weight excluding hydrogens is 388 g/mol. The van der Waals surface area contributed by atoms with Crippen LogP contribution < -0.4 is 10.6 Å². The Morgan fingerprint density at radius 2 is 2.16 bits per heavy atom. The zero-order valence-electron chi connectivity index (χ0n) is 18.2. The first-order valence-corrected chi connectivity index (χ1v) is 10.3. The summed E-state index contributed by atoms with van der Waals surface area (Å²) in [6.45, 7) is 7.81. The molecule has 1 aliphatic rings. The molecule has 1 heterocycles. The van der Waals surface area contributed by atoms with Crippen molar-refractivity contribution in [1.29, 1.82) is 5.26 Å². The molecule has 0 aromatic heterocycles. The number of nitriles is 1. The van der Waals surface area contributed by atoms with Crippen LogP contribution in [0.2, 0.25) is 0 Å². The lowest BCUT2D eigenvalue weighted by molar-refractivity contribution is -0.116. The Kier molecular flexibility index (Phi) is 10.2. The quantitative estimate of drug-likeness (QED) is 0.310. The number of amides is 1. The van der Waals surface area contributed by atoms with E-state index >= 15 is 0 Å². The Morgan fingerprint density at radius 3 is 2.84 bits per heavy atom. The van der Waals surface area contributed by atoms with Gasteiger partial charge in [-0.15, -0.1) is 0 Å². The van der Waals surface area contributed by atoms with E-state index in [-0.39, 0.29) is 12.5 Å². The third-order valence-electron chi connectivity index (χ3n) is 4.72. The van der Waals surface area contributed by atoms with Crippen molar-refractivity contribution in [2.75, 3.05) is 26.8 Å². The summed E-state index contributed by atoms with van der Waals surface area (Å²) in [6.07, 6.45) is 9.42. The van der Waals surface area contributed by atoms with E-state index in [0.717, 1.165) is 23.4 Å². The molecule has 0 fully saturated rings. The maximum Gasteiger partial charge on any atom is 0.251 e. The highest BCUT2D eigenvalue weighted by Gasteiger charge is 2.11. The molecule has 1 atom stereocenters. The molecule has 0 radical (unpaired) electrons. The summed E-state index contributed by atoms with van der Waals surface area (Å²) < 4.78 is 5.14. The van der Waals surface area contributed by atoms with Crippen molar-refractivity contribution in [3.05, 3.63) is 77.9 Å². The maximum absolute atomic E-state index is 12.2. The molecule has 2 N–H and O–H groups in total. The summed E-state index contributed by atoms with van der Waals surface area (Å²) in [4.78, 5) is 16.8. The minimum absolute atomic E-state index is 0.0279. The van der Waals surface area contributed by atoms with E-state index in [1.165, 1.54) is 5.56 Å². The molecule has 1 aromatic rings. The summed E-state index contributed by atoms with van der Waals surface area (Å²) >= 11 is 0. The molecule has 2 rings (SSSR count). The Hall–Kier alpha value is -3.27. The van der Waals surface area contributed by atoms with Crippen LogP contribution >= 0.6 is 0 Å². The third kappa shape index (κ3) is 8.17. The zero-order valence-corrected chi connectivity index (χ0v) is 18.2. The zero-order chi connectivity index (χ0) is 22.5. The molecule has 1 aliphatic heterocycles. The van der Waals surface area contributed by atoms with Crippen LogP contribution in [0, 0.1) is 11.3 Å². The number of nitrogens with zero attached hydrogens (tertiary/aromatic N) is 2. The number of carbonyl (C=O) groups is 1. The van der Waals surface area contributed by atoms with Crippen molar-refractivity contribution in [2.45, 2.75) is 25.9 Å². The topological polar surface area (TPSA) is 86.5 Å². The van der Waals surface area contributed by atoms with E-state index in [2.05, 4.69) is 59.5 Å². The average Bonchev–Trinajstić information content (AvgIpc) is 3.25.